The molecule has 0 aliphatic carbocycles. The summed E-state index contributed by atoms with van der Waals surface area (Å²) >= 11 is 0. The molecule has 3 aromatic rings. The minimum Gasteiger partial charge on any atom is -0.344 e. The van der Waals surface area contributed by atoms with Gasteiger partial charge in [0.15, 0.2) is 0 Å². The molecule has 0 saturated carbocycles. The first-order chi connectivity index (χ1) is 11.1. The lowest BCUT2D eigenvalue weighted by Gasteiger charge is -2.16. The van der Waals surface area contributed by atoms with Crippen molar-refractivity contribution in [3.05, 3.63) is 70.7 Å². The Morgan fingerprint density at radius 2 is 1.70 bits per heavy atom. The van der Waals surface area contributed by atoms with Gasteiger partial charge in [-0.05, 0) is 69.4 Å². The minimum absolute atomic E-state index is 0.132. The molecule has 2 aromatic carbocycles. The van der Waals surface area contributed by atoms with Crippen molar-refractivity contribution >= 4 is 10.9 Å². The van der Waals surface area contributed by atoms with Crippen molar-refractivity contribution < 1.29 is 4.39 Å². The third-order valence-corrected chi connectivity index (χ3v) is 4.55. The van der Waals surface area contributed by atoms with Gasteiger partial charge in [-0.3, -0.25) is 0 Å². The molecule has 120 valence electrons. The molecule has 4 rings (SSSR count). The summed E-state index contributed by atoms with van der Waals surface area (Å²) in [5.74, 6) is -0.132. The van der Waals surface area contributed by atoms with E-state index < -0.39 is 0 Å². The Labute approximate surface area is 137 Å². The Morgan fingerprint density at radius 3 is 2.39 bits per heavy atom. The fourth-order valence-corrected chi connectivity index (χ4v) is 3.46. The second kappa shape index (κ2) is 6.57. The Balaban J connectivity index is 0.000000166. The molecule has 23 heavy (non-hydrogen) atoms. The average Bonchev–Trinajstić information content (AvgIpc) is 2.89. The predicted molar refractivity (Wildman–Crippen MR) is 95.5 cm³/mol. The van der Waals surface area contributed by atoms with Crippen LogP contribution in [0.1, 0.15) is 35.2 Å². The van der Waals surface area contributed by atoms with E-state index in [2.05, 4.69) is 36.6 Å². The normalized spacial score (nSPS) is 13.4. The second-order valence-corrected chi connectivity index (χ2v) is 6.51. The summed E-state index contributed by atoms with van der Waals surface area (Å²) in [6.45, 7) is 7.37. The highest BCUT2D eigenvalue weighted by Gasteiger charge is 2.14. The van der Waals surface area contributed by atoms with Gasteiger partial charge in [0, 0.05) is 17.6 Å². The molecule has 0 fully saturated rings. The van der Waals surface area contributed by atoms with Gasteiger partial charge < -0.3 is 4.57 Å². The molecule has 0 N–H and O–H groups in total. The van der Waals surface area contributed by atoms with Crippen LogP contribution in [0.4, 0.5) is 4.39 Å². The zero-order valence-corrected chi connectivity index (χ0v) is 14.2. The number of nitrogens with zero attached hydrogens (tertiary/aromatic N) is 1. The van der Waals surface area contributed by atoms with Crippen molar-refractivity contribution in [2.45, 2.75) is 46.6 Å². The maximum Gasteiger partial charge on any atom is 0.126 e. The van der Waals surface area contributed by atoms with E-state index in [9.17, 15) is 4.39 Å². The molecule has 1 aliphatic rings. The van der Waals surface area contributed by atoms with Gasteiger partial charge >= 0.3 is 0 Å². The molecule has 1 aromatic heterocycles. The Hall–Kier alpha value is -2.09. The predicted octanol–water partition coefficient (Wildman–Crippen LogP) is 5.73. The summed E-state index contributed by atoms with van der Waals surface area (Å²) in [5, 5.41) is 1.43. The van der Waals surface area contributed by atoms with Crippen LogP contribution in [-0.2, 0) is 13.0 Å². The van der Waals surface area contributed by atoms with Gasteiger partial charge in [0.05, 0.1) is 5.52 Å². The summed E-state index contributed by atoms with van der Waals surface area (Å²) in [6, 6.07) is 13.7. The Bertz CT molecular complexity index is 808. The van der Waals surface area contributed by atoms with E-state index in [1.54, 1.807) is 19.1 Å². The first kappa shape index (κ1) is 15.8. The molecule has 0 bridgehead atoms. The zero-order chi connectivity index (χ0) is 16.4. The molecule has 1 nitrogen and oxygen atoms in total. The van der Waals surface area contributed by atoms with E-state index in [0.717, 1.165) is 0 Å². The maximum absolute atomic E-state index is 12.3. The van der Waals surface area contributed by atoms with E-state index in [1.807, 2.05) is 6.07 Å². The van der Waals surface area contributed by atoms with Crippen LogP contribution in [0.5, 0.6) is 0 Å². The first-order valence-corrected chi connectivity index (χ1v) is 8.37. The smallest absolute Gasteiger partial charge is 0.126 e. The topological polar surface area (TPSA) is 4.93 Å². The van der Waals surface area contributed by atoms with E-state index >= 15 is 0 Å². The molecule has 2 heteroatoms. The van der Waals surface area contributed by atoms with Gasteiger partial charge in [0.25, 0.3) is 0 Å². The SMILES string of the molecule is Cc1cc(C)c2c(c1)cc1n2CCCC1.Cc1ccccc1F. The van der Waals surface area contributed by atoms with Crippen LogP contribution in [-0.4, -0.2) is 4.57 Å². The summed E-state index contributed by atoms with van der Waals surface area (Å²) in [6.07, 6.45) is 3.95. The highest BCUT2D eigenvalue weighted by atomic mass is 19.1. The Kier molecular flexibility index (Phi) is 4.51. The molecule has 2 heterocycles. The van der Waals surface area contributed by atoms with Crippen LogP contribution in [0.3, 0.4) is 0 Å². The lowest BCUT2D eigenvalue weighted by atomic mass is 10.1. The number of halogens is 1. The number of aromatic nitrogens is 1. The molecular formula is C21H24FN. The van der Waals surface area contributed by atoms with E-state index in [4.69, 9.17) is 0 Å². The van der Waals surface area contributed by atoms with Crippen LogP contribution in [0.25, 0.3) is 10.9 Å². The van der Waals surface area contributed by atoms with Crippen molar-refractivity contribution in [2.75, 3.05) is 0 Å². The maximum atomic E-state index is 12.3. The largest absolute Gasteiger partial charge is 0.344 e. The number of benzene rings is 2. The van der Waals surface area contributed by atoms with Gasteiger partial charge in [-0.15, -0.1) is 0 Å². The highest BCUT2D eigenvalue weighted by Crippen LogP contribution is 2.28. The number of aryl methyl sites for hydroxylation is 5. The van der Waals surface area contributed by atoms with E-state index in [1.165, 1.54) is 59.6 Å². The third kappa shape index (κ3) is 3.31. The quantitative estimate of drug-likeness (QED) is 0.500. The van der Waals surface area contributed by atoms with Gasteiger partial charge in [0.2, 0.25) is 0 Å². The van der Waals surface area contributed by atoms with Gasteiger partial charge in [-0.25, -0.2) is 4.39 Å². The fourth-order valence-electron chi connectivity index (χ4n) is 3.46. The van der Waals surface area contributed by atoms with Crippen molar-refractivity contribution in [1.29, 1.82) is 0 Å². The van der Waals surface area contributed by atoms with Crippen molar-refractivity contribution in [2.24, 2.45) is 0 Å². The van der Waals surface area contributed by atoms with Crippen molar-refractivity contribution in [3.63, 3.8) is 0 Å². The molecule has 0 saturated heterocycles. The summed E-state index contributed by atoms with van der Waals surface area (Å²) in [5.41, 5.74) is 6.51. The fraction of sp³-hybridized carbons (Fsp3) is 0.333. The number of hydrogen-bond acceptors (Lipinski definition) is 0. The van der Waals surface area contributed by atoms with Gasteiger partial charge in [-0.1, -0.05) is 29.8 Å². The van der Waals surface area contributed by atoms with Gasteiger partial charge in [-0.2, -0.15) is 0 Å². The number of hydrogen-bond donors (Lipinski definition) is 0. The van der Waals surface area contributed by atoms with Crippen LogP contribution in [0, 0.1) is 26.6 Å². The molecular weight excluding hydrogens is 285 g/mol. The van der Waals surface area contributed by atoms with E-state index in [0.29, 0.717) is 5.56 Å². The van der Waals surface area contributed by atoms with Crippen molar-refractivity contribution in [1.82, 2.24) is 4.57 Å². The van der Waals surface area contributed by atoms with Crippen molar-refractivity contribution in [3.8, 4) is 0 Å². The number of fused-ring (bicyclic) bond motifs is 3. The monoisotopic (exact) mass is 309 g/mol. The van der Waals surface area contributed by atoms with Crippen LogP contribution >= 0.6 is 0 Å². The third-order valence-electron chi connectivity index (χ3n) is 4.55. The lowest BCUT2D eigenvalue weighted by Crippen LogP contribution is -2.09. The molecule has 1 aliphatic heterocycles. The molecule has 0 unspecified atom stereocenters. The summed E-state index contributed by atoms with van der Waals surface area (Å²) < 4.78 is 14.8. The average molecular weight is 309 g/mol. The summed E-state index contributed by atoms with van der Waals surface area (Å²) in [4.78, 5) is 0. The minimum atomic E-state index is -0.132. The number of rotatable bonds is 0. The van der Waals surface area contributed by atoms with Gasteiger partial charge in [0.1, 0.15) is 5.82 Å². The zero-order valence-electron chi connectivity index (χ0n) is 14.2. The Morgan fingerprint density at radius 1 is 0.913 bits per heavy atom. The summed E-state index contributed by atoms with van der Waals surface area (Å²) in [7, 11) is 0. The molecule has 0 amide bonds. The molecule has 0 atom stereocenters. The first-order valence-electron chi connectivity index (χ1n) is 8.37. The van der Waals surface area contributed by atoms with Crippen LogP contribution < -0.4 is 0 Å². The van der Waals surface area contributed by atoms with Crippen LogP contribution in [0.15, 0.2) is 42.5 Å². The van der Waals surface area contributed by atoms with Crippen LogP contribution in [0.2, 0.25) is 0 Å². The standard InChI is InChI=1S/C14H17N.C7H7F/c1-10-7-11(2)14-12(8-10)9-13-5-3-4-6-15(13)14;1-6-4-2-3-5-7(6)8/h7-9H,3-6H2,1-2H3;2-5H,1H3. The molecule has 0 spiro atoms. The second-order valence-electron chi connectivity index (χ2n) is 6.51. The lowest BCUT2D eigenvalue weighted by molar-refractivity contribution is 0.544. The molecule has 0 radical (unpaired) electrons. The highest BCUT2D eigenvalue weighted by molar-refractivity contribution is 5.85. The van der Waals surface area contributed by atoms with E-state index in [-0.39, 0.29) is 5.82 Å².